The summed E-state index contributed by atoms with van der Waals surface area (Å²) in [6.45, 7) is 3.24. The second-order valence-electron chi connectivity index (χ2n) is 5.95. The van der Waals surface area contributed by atoms with E-state index in [1.54, 1.807) is 6.07 Å². The van der Waals surface area contributed by atoms with Crippen molar-refractivity contribution in [3.8, 4) is 0 Å². The Labute approximate surface area is 143 Å². The Bertz CT molecular complexity index is 843. The Morgan fingerprint density at radius 3 is 2.92 bits per heavy atom. The molecule has 3 rings (SSSR count). The van der Waals surface area contributed by atoms with Gasteiger partial charge in [0.1, 0.15) is 4.21 Å². The second kappa shape index (κ2) is 6.61. The highest BCUT2D eigenvalue weighted by Gasteiger charge is 2.31. The number of carboxylic acids is 1. The van der Waals surface area contributed by atoms with Gasteiger partial charge < -0.3 is 5.11 Å². The number of carbonyl (C=O) groups is 1. The zero-order valence-electron chi connectivity index (χ0n) is 13.1. The molecule has 1 saturated heterocycles. The molecule has 1 fully saturated rings. The van der Waals surface area contributed by atoms with E-state index in [0.717, 1.165) is 18.4 Å². The molecule has 8 nitrogen and oxygen atoms in total. The van der Waals surface area contributed by atoms with Gasteiger partial charge in [-0.25, -0.2) is 13.2 Å². The van der Waals surface area contributed by atoms with Crippen LogP contribution in [0.25, 0.3) is 0 Å². The van der Waals surface area contributed by atoms with Crippen LogP contribution in [0.1, 0.15) is 28.9 Å². The molecule has 24 heavy (non-hydrogen) atoms. The maximum atomic E-state index is 12.7. The van der Waals surface area contributed by atoms with Crippen molar-refractivity contribution in [2.45, 2.75) is 30.5 Å². The van der Waals surface area contributed by atoms with E-state index in [4.69, 9.17) is 5.11 Å². The molecule has 1 aliphatic heterocycles. The molecule has 2 aromatic rings. The molecule has 0 aromatic carbocycles. The molecule has 10 heteroatoms. The fourth-order valence-corrected chi connectivity index (χ4v) is 5.75. The lowest BCUT2D eigenvalue weighted by atomic mass is 10.00. The van der Waals surface area contributed by atoms with Gasteiger partial charge in [-0.15, -0.1) is 16.4 Å². The van der Waals surface area contributed by atoms with E-state index in [2.05, 4.69) is 10.3 Å². The van der Waals surface area contributed by atoms with Crippen molar-refractivity contribution in [1.29, 1.82) is 0 Å². The molecule has 1 aliphatic rings. The predicted octanol–water partition coefficient (Wildman–Crippen LogP) is 1.45. The fourth-order valence-electron chi connectivity index (χ4n) is 2.81. The zero-order chi connectivity index (χ0) is 17.3. The van der Waals surface area contributed by atoms with Crippen LogP contribution in [0.3, 0.4) is 0 Å². The van der Waals surface area contributed by atoms with Gasteiger partial charge in [-0.1, -0.05) is 5.21 Å². The summed E-state index contributed by atoms with van der Waals surface area (Å²) < 4.78 is 28.8. The molecule has 1 atom stereocenters. The van der Waals surface area contributed by atoms with Crippen molar-refractivity contribution >= 4 is 27.3 Å². The minimum atomic E-state index is -3.46. The molecule has 0 spiro atoms. The van der Waals surface area contributed by atoms with E-state index in [1.807, 2.05) is 12.3 Å². The summed E-state index contributed by atoms with van der Waals surface area (Å²) in [5.74, 6) is -1.04. The second-order valence-corrected chi connectivity index (χ2v) is 9.02. The van der Waals surface area contributed by atoms with Crippen LogP contribution in [-0.2, 0) is 16.6 Å². The van der Waals surface area contributed by atoms with Gasteiger partial charge in [-0.3, -0.25) is 4.68 Å². The number of sulfonamides is 1. The van der Waals surface area contributed by atoms with Crippen molar-refractivity contribution in [2.75, 3.05) is 13.1 Å². The average Bonchev–Trinajstić information content (AvgIpc) is 3.17. The number of thiophene rings is 1. The summed E-state index contributed by atoms with van der Waals surface area (Å²) in [5.41, 5.74) is 0.834. The quantitative estimate of drug-likeness (QED) is 0.854. The smallest absolute Gasteiger partial charge is 0.358 e. The molecular weight excluding hydrogens is 352 g/mol. The van der Waals surface area contributed by atoms with Crippen LogP contribution < -0.4 is 0 Å². The van der Waals surface area contributed by atoms with E-state index < -0.39 is 16.0 Å². The number of aromatic nitrogens is 3. The first-order valence-corrected chi connectivity index (χ1v) is 9.87. The Morgan fingerprint density at radius 2 is 2.29 bits per heavy atom. The summed E-state index contributed by atoms with van der Waals surface area (Å²) in [6.07, 6.45) is 3.02. The van der Waals surface area contributed by atoms with Crippen LogP contribution >= 0.6 is 11.3 Å². The largest absolute Gasteiger partial charge is 0.476 e. The van der Waals surface area contributed by atoms with E-state index in [9.17, 15) is 13.2 Å². The summed E-state index contributed by atoms with van der Waals surface area (Å²) in [6, 6.07) is 1.69. The van der Waals surface area contributed by atoms with Crippen molar-refractivity contribution < 1.29 is 18.3 Å². The number of rotatable bonds is 5. The molecule has 3 heterocycles. The molecule has 2 aromatic heterocycles. The van der Waals surface area contributed by atoms with Gasteiger partial charge >= 0.3 is 5.97 Å². The fraction of sp³-hybridized carbons (Fsp3) is 0.500. The molecule has 0 aliphatic carbocycles. The third-order valence-electron chi connectivity index (χ3n) is 3.99. The monoisotopic (exact) mass is 370 g/mol. The summed E-state index contributed by atoms with van der Waals surface area (Å²) in [7, 11) is -3.46. The normalized spacial score (nSPS) is 19.5. The lowest BCUT2D eigenvalue weighted by Crippen LogP contribution is -2.40. The molecule has 0 bridgehead atoms. The Morgan fingerprint density at radius 1 is 1.50 bits per heavy atom. The van der Waals surface area contributed by atoms with Crippen LogP contribution in [0.15, 0.2) is 21.9 Å². The molecule has 1 N–H and O–H groups in total. The van der Waals surface area contributed by atoms with Gasteiger partial charge in [0.25, 0.3) is 10.0 Å². The van der Waals surface area contributed by atoms with E-state index in [0.29, 0.717) is 23.8 Å². The Hall–Kier alpha value is -1.78. The maximum absolute atomic E-state index is 12.7. The predicted molar refractivity (Wildman–Crippen MR) is 87.5 cm³/mol. The number of nitrogens with zero attached hydrogens (tertiary/aromatic N) is 4. The Kier molecular flexibility index (Phi) is 4.70. The van der Waals surface area contributed by atoms with Gasteiger partial charge in [0.2, 0.25) is 0 Å². The standard InChI is InChI=1S/C14H18N4O4S2/c1-10-5-13(23-9-10)24(21,22)18-4-2-3-11(7-18)6-17-8-12(14(19)20)15-16-17/h5,8-9,11H,2-4,6-7H2,1H3,(H,19,20). The lowest BCUT2D eigenvalue weighted by Gasteiger charge is -2.31. The highest BCUT2D eigenvalue weighted by atomic mass is 32.2. The van der Waals surface area contributed by atoms with Gasteiger partial charge in [0.15, 0.2) is 5.69 Å². The third-order valence-corrected chi connectivity index (χ3v) is 7.38. The third kappa shape index (κ3) is 3.50. The number of hydrogen-bond acceptors (Lipinski definition) is 6. The van der Waals surface area contributed by atoms with E-state index in [-0.39, 0.29) is 11.6 Å². The first-order valence-electron chi connectivity index (χ1n) is 7.55. The molecule has 130 valence electrons. The SMILES string of the molecule is Cc1csc(S(=O)(=O)N2CCCC(Cn3cc(C(=O)O)nn3)C2)c1. The van der Waals surface area contributed by atoms with Gasteiger partial charge in [-0.2, -0.15) is 4.31 Å². The number of carboxylic acid groups (broad SMARTS) is 1. The van der Waals surface area contributed by atoms with Crippen LogP contribution in [0.4, 0.5) is 0 Å². The average molecular weight is 370 g/mol. The number of piperidine rings is 1. The summed E-state index contributed by atoms with van der Waals surface area (Å²) in [5, 5.41) is 18.1. The van der Waals surface area contributed by atoms with E-state index >= 15 is 0 Å². The summed E-state index contributed by atoms with van der Waals surface area (Å²) >= 11 is 1.24. The molecule has 0 radical (unpaired) electrons. The van der Waals surface area contributed by atoms with Gasteiger partial charge in [0.05, 0.1) is 6.20 Å². The molecule has 0 saturated carbocycles. The maximum Gasteiger partial charge on any atom is 0.358 e. The summed E-state index contributed by atoms with van der Waals surface area (Å²) in [4.78, 5) is 10.8. The highest BCUT2D eigenvalue weighted by molar-refractivity contribution is 7.91. The number of hydrogen-bond donors (Lipinski definition) is 1. The minimum Gasteiger partial charge on any atom is -0.476 e. The Balaban J connectivity index is 1.70. The first kappa shape index (κ1) is 17.1. The van der Waals surface area contributed by atoms with Crippen LogP contribution in [-0.4, -0.2) is 51.9 Å². The first-order chi connectivity index (χ1) is 11.4. The zero-order valence-corrected chi connectivity index (χ0v) is 14.8. The number of aromatic carboxylic acids is 1. The van der Waals surface area contributed by atoms with Crippen LogP contribution in [0.2, 0.25) is 0 Å². The molecular formula is C14H18N4O4S2. The highest BCUT2D eigenvalue weighted by Crippen LogP contribution is 2.28. The van der Waals surface area contributed by atoms with Crippen molar-refractivity contribution in [3.05, 3.63) is 28.9 Å². The van der Waals surface area contributed by atoms with Crippen LogP contribution in [0.5, 0.6) is 0 Å². The molecule has 1 unspecified atom stereocenters. The number of aryl methyl sites for hydroxylation is 1. The molecule has 0 amide bonds. The van der Waals surface area contributed by atoms with Crippen molar-refractivity contribution in [3.63, 3.8) is 0 Å². The van der Waals surface area contributed by atoms with Gasteiger partial charge in [-0.05, 0) is 42.7 Å². The minimum absolute atomic E-state index is 0.0814. The van der Waals surface area contributed by atoms with Crippen molar-refractivity contribution in [1.82, 2.24) is 19.3 Å². The van der Waals surface area contributed by atoms with Crippen molar-refractivity contribution in [2.24, 2.45) is 5.92 Å². The topological polar surface area (TPSA) is 105 Å². The van der Waals surface area contributed by atoms with Gasteiger partial charge in [0, 0.05) is 19.6 Å². The van der Waals surface area contributed by atoms with Crippen LogP contribution in [0, 0.1) is 12.8 Å². The lowest BCUT2D eigenvalue weighted by molar-refractivity contribution is 0.0690. The van der Waals surface area contributed by atoms with E-state index in [1.165, 1.54) is 26.5 Å².